The van der Waals surface area contributed by atoms with Gasteiger partial charge in [-0.05, 0) is 39.2 Å². The third-order valence-electron chi connectivity index (χ3n) is 7.08. The van der Waals surface area contributed by atoms with Crippen LogP contribution in [0.3, 0.4) is 0 Å². The summed E-state index contributed by atoms with van der Waals surface area (Å²) in [5.74, 6) is -0.565. The third kappa shape index (κ3) is 11.4. The first-order valence-electron chi connectivity index (χ1n) is 13.9. The van der Waals surface area contributed by atoms with Gasteiger partial charge < -0.3 is 9.67 Å². The molecule has 0 unspecified atom stereocenters. The van der Waals surface area contributed by atoms with E-state index < -0.39 is 5.97 Å². The Kier molecular flexibility index (Phi) is 15.9. The number of hydrogen-bond donors (Lipinski definition) is 1. The van der Waals surface area contributed by atoms with Crippen molar-refractivity contribution in [3.63, 3.8) is 0 Å². The molecule has 1 aromatic rings. The Morgan fingerprint density at radius 2 is 1.15 bits per heavy atom. The number of unbranched alkanes of at least 4 members (excludes halogenated alkanes) is 14. The van der Waals surface area contributed by atoms with E-state index in [1.54, 1.807) is 0 Å². The molecular weight excluding hydrogens is 410 g/mol. The summed E-state index contributed by atoms with van der Waals surface area (Å²) in [6.07, 6.45) is 21.1. The zero-order chi connectivity index (χ0) is 24.5. The van der Waals surface area contributed by atoms with Crippen LogP contribution in [-0.4, -0.2) is 21.4 Å². The molecule has 0 aliphatic heterocycles. The van der Waals surface area contributed by atoms with Crippen LogP contribution >= 0.6 is 0 Å². The molecule has 0 fully saturated rings. The molecule has 0 aromatic carbocycles. The van der Waals surface area contributed by atoms with E-state index in [1.807, 2.05) is 13.8 Å². The van der Waals surface area contributed by atoms with Crippen LogP contribution in [0, 0.1) is 13.8 Å². The number of ketones is 1. The van der Waals surface area contributed by atoms with Crippen LogP contribution in [0.5, 0.6) is 0 Å². The molecule has 33 heavy (non-hydrogen) atoms. The Labute approximate surface area is 203 Å². The van der Waals surface area contributed by atoms with Gasteiger partial charge in [0.15, 0.2) is 5.78 Å². The molecule has 1 heterocycles. The van der Waals surface area contributed by atoms with Crippen LogP contribution in [0.25, 0.3) is 0 Å². The molecule has 1 rings (SSSR count). The molecule has 1 aromatic heterocycles. The molecular formula is C29H51NO3. The fraction of sp³-hybridized carbons (Fsp3) is 0.793. The summed E-state index contributed by atoms with van der Waals surface area (Å²) < 4.78 is 2.12. The first kappa shape index (κ1) is 29.5. The lowest BCUT2D eigenvalue weighted by molar-refractivity contribution is -0.137. The molecule has 0 atom stereocenters. The van der Waals surface area contributed by atoms with Gasteiger partial charge in [-0.15, -0.1) is 0 Å². The molecule has 0 amide bonds. The largest absolute Gasteiger partial charge is 0.481 e. The average molecular weight is 462 g/mol. The van der Waals surface area contributed by atoms with Gasteiger partial charge >= 0.3 is 5.97 Å². The van der Waals surface area contributed by atoms with Crippen molar-refractivity contribution in [2.45, 2.75) is 150 Å². The highest BCUT2D eigenvalue weighted by Crippen LogP contribution is 2.26. The number of Topliss-reactive ketones (excluding diaryl/α,β-unsaturated/α-hetero) is 1. The summed E-state index contributed by atoms with van der Waals surface area (Å²) in [5, 5.41) is 9.04. The number of hydrogen-bond acceptors (Lipinski definition) is 2. The average Bonchev–Trinajstić information content (AvgIpc) is 3.03. The molecule has 4 heteroatoms. The highest BCUT2D eigenvalue weighted by molar-refractivity contribution is 5.99. The van der Waals surface area contributed by atoms with Crippen molar-refractivity contribution in [3.05, 3.63) is 22.5 Å². The first-order chi connectivity index (χ1) is 15.9. The molecule has 190 valence electrons. The van der Waals surface area contributed by atoms with Gasteiger partial charge in [-0.3, -0.25) is 9.59 Å². The fourth-order valence-electron chi connectivity index (χ4n) is 5.12. The van der Waals surface area contributed by atoms with Crippen LogP contribution in [-0.2, 0) is 17.8 Å². The van der Waals surface area contributed by atoms with Gasteiger partial charge in [-0.25, -0.2) is 0 Å². The number of carboxylic acids is 1. The van der Waals surface area contributed by atoms with E-state index in [9.17, 15) is 9.59 Å². The topological polar surface area (TPSA) is 59.3 Å². The summed E-state index contributed by atoms with van der Waals surface area (Å²) in [5.41, 5.74) is 3.84. The van der Waals surface area contributed by atoms with Crippen molar-refractivity contribution in [1.82, 2.24) is 4.57 Å². The first-order valence-corrected chi connectivity index (χ1v) is 13.9. The van der Waals surface area contributed by atoms with Crippen molar-refractivity contribution in [2.75, 3.05) is 0 Å². The van der Waals surface area contributed by atoms with Gasteiger partial charge in [0.2, 0.25) is 0 Å². The number of carbonyl (C=O) groups is 2. The summed E-state index contributed by atoms with van der Waals surface area (Å²) in [6, 6.07) is 0. The molecule has 0 radical (unpaired) electrons. The highest BCUT2D eigenvalue weighted by atomic mass is 16.4. The second-order valence-corrected chi connectivity index (χ2v) is 9.79. The molecule has 4 nitrogen and oxygen atoms in total. The van der Waals surface area contributed by atoms with Crippen molar-refractivity contribution in [1.29, 1.82) is 0 Å². The SMILES string of the molecule is CCCCCCCCCCCCCCCCCC(=O)c1c(C)c(CCC(=O)O)n(CC)c1C. The number of nitrogens with zero attached hydrogens (tertiary/aromatic N) is 1. The van der Waals surface area contributed by atoms with Gasteiger partial charge in [0.1, 0.15) is 0 Å². The van der Waals surface area contributed by atoms with Gasteiger partial charge in [0.25, 0.3) is 0 Å². The van der Waals surface area contributed by atoms with E-state index in [0.29, 0.717) is 12.8 Å². The molecule has 1 N–H and O–H groups in total. The maximum atomic E-state index is 12.9. The highest BCUT2D eigenvalue weighted by Gasteiger charge is 2.21. The van der Waals surface area contributed by atoms with Crippen LogP contribution in [0.2, 0.25) is 0 Å². The monoisotopic (exact) mass is 461 g/mol. The summed E-state index contributed by atoms with van der Waals surface area (Å²) in [7, 11) is 0. The standard InChI is InChI=1S/C29H51NO3/c1-5-7-8-9-10-11-12-13-14-15-16-17-18-19-20-21-27(31)29-24(3)26(22-23-28(32)33)30(6-2)25(29)4/h5-23H2,1-4H3,(H,32,33). The van der Waals surface area contributed by atoms with E-state index in [0.717, 1.165) is 41.9 Å². The molecule has 0 bridgehead atoms. The second-order valence-electron chi connectivity index (χ2n) is 9.79. The van der Waals surface area contributed by atoms with Gasteiger partial charge in [-0.2, -0.15) is 0 Å². The maximum absolute atomic E-state index is 12.9. The van der Waals surface area contributed by atoms with Crippen molar-refractivity contribution < 1.29 is 14.7 Å². The van der Waals surface area contributed by atoms with Crippen molar-refractivity contribution in [3.8, 4) is 0 Å². The Morgan fingerprint density at radius 3 is 1.58 bits per heavy atom. The summed E-state index contributed by atoms with van der Waals surface area (Å²) in [4.78, 5) is 23.9. The lowest BCUT2D eigenvalue weighted by atomic mass is 9.99. The minimum absolute atomic E-state index is 0.108. The molecule has 0 saturated carbocycles. The quantitative estimate of drug-likeness (QED) is 0.147. The zero-order valence-electron chi connectivity index (χ0n) is 22.1. The second kappa shape index (κ2) is 17.8. The van der Waals surface area contributed by atoms with E-state index >= 15 is 0 Å². The maximum Gasteiger partial charge on any atom is 0.303 e. The fourth-order valence-corrected chi connectivity index (χ4v) is 5.12. The van der Waals surface area contributed by atoms with Crippen LogP contribution < -0.4 is 0 Å². The number of carboxylic acid groups (broad SMARTS) is 1. The van der Waals surface area contributed by atoms with Crippen molar-refractivity contribution in [2.24, 2.45) is 0 Å². The predicted octanol–water partition coefficient (Wildman–Crippen LogP) is 8.59. The Balaban J connectivity index is 2.18. The molecule has 0 saturated heterocycles. The van der Waals surface area contributed by atoms with Crippen molar-refractivity contribution >= 4 is 11.8 Å². The van der Waals surface area contributed by atoms with Crippen LogP contribution in [0.15, 0.2) is 0 Å². The van der Waals surface area contributed by atoms with E-state index in [2.05, 4.69) is 18.4 Å². The predicted molar refractivity (Wildman–Crippen MR) is 139 cm³/mol. The Hall–Kier alpha value is -1.58. The van der Waals surface area contributed by atoms with Crippen LogP contribution in [0.1, 0.15) is 150 Å². The number of aliphatic carboxylic acids is 1. The van der Waals surface area contributed by atoms with E-state index in [-0.39, 0.29) is 12.2 Å². The molecule has 0 spiro atoms. The summed E-state index contributed by atoms with van der Waals surface area (Å²) >= 11 is 0. The van der Waals surface area contributed by atoms with Gasteiger partial charge in [0.05, 0.1) is 6.42 Å². The van der Waals surface area contributed by atoms with Gasteiger partial charge in [0, 0.05) is 29.9 Å². The zero-order valence-corrected chi connectivity index (χ0v) is 22.1. The smallest absolute Gasteiger partial charge is 0.303 e. The van der Waals surface area contributed by atoms with E-state index in [4.69, 9.17) is 5.11 Å². The minimum Gasteiger partial charge on any atom is -0.481 e. The molecule has 0 aliphatic rings. The van der Waals surface area contributed by atoms with Crippen LogP contribution in [0.4, 0.5) is 0 Å². The number of carbonyl (C=O) groups excluding carboxylic acids is 1. The lowest BCUT2D eigenvalue weighted by Gasteiger charge is -2.08. The third-order valence-corrected chi connectivity index (χ3v) is 7.08. The number of aromatic nitrogens is 1. The normalized spacial score (nSPS) is 11.3. The Bertz CT molecular complexity index is 690. The lowest BCUT2D eigenvalue weighted by Crippen LogP contribution is -2.06. The molecule has 0 aliphatic carbocycles. The summed E-state index contributed by atoms with van der Waals surface area (Å²) in [6.45, 7) is 9.08. The van der Waals surface area contributed by atoms with Gasteiger partial charge in [-0.1, -0.05) is 96.8 Å². The van der Waals surface area contributed by atoms with E-state index in [1.165, 1.54) is 83.5 Å². The Morgan fingerprint density at radius 1 is 0.697 bits per heavy atom. The minimum atomic E-state index is -0.790. The number of rotatable bonds is 21.